The Hall–Kier alpha value is -0.120. The van der Waals surface area contributed by atoms with E-state index >= 15 is 0 Å². The molecule has 0 aromatic heterocycles. The Balaban J connectivity index is 1.82. The predicted octanol–water partition coefficient (Wildman–Crippen LogP) is 1.19. The zero-order valence-electron chi connectivity index (χ0n) is 8.74. The highest BCUT2D eigenvalue weighted by molar-refractivity contribution is 4.92. The van der Waals surface area contributed by atoms with Crippen LogP contribution in [0.15, 0.2) is 0 Å². The van der Waals surface area contributed by atoms with Crippen molar-refractivity contribution in [3.63, 3.8) is 0 Å². The fraction of sp³-hybridized carbons (Fsp3) is 1.00. The molecule has 0 aromatic carbocycles. The average molecular weight is 199 g/mol. The summed E-state index contributed by atoms with van der Waals surface area (Å²) in [5.74, 6) is 0. The first-order valence-electron chi connectivity index (χ1n) is 5.76. The fourth-order valence-corrected chi connectivity index (χ4v) is 2.64. The van der Waals surface area contributed by atoms with E-state index < -0.39 is 0 Å². The molecule has 1 unspecified atom stereocenters. The Kier molecular flexibility index (Phi) is 3.10. The first-order valence-corrected chi connectivity index (χ1v) is 5.76. The Labute approximate surface area is 85.6 Å². The quantitative estimate of drug-likeness (QED) is 0.702. The lowest BCUT2D eigenvalue weighted by Gasteiger charge is -2.37. The molecule has 1 saturated heterocycles. The molecule has 1 aliphatic heterocycles. The van der Waals surface area contributed by atoms with Crippen LogP contribution < -0.4 is 5.73 Å². The van der Waals surface area contributed by atoms with E-state index in [-0.39, 0.29) is 11.6 Å². The SMILES string of the molecule is NC1(CC2CCCO2)CCC(O)CC1. The smallest absolute Gasteiger partial charge is 0.0593 e. The number of aliphatic hydroxyl groups is 1. The predicted molar refractivity (Wildman–Crippen MR) is 55.0 cm³/mol. The Bertz CT molecular complexity index is 182. The molecule has 3 N–H and O–H groups in total. The van der Waals surface area contributed by atoms with Crippen molar-refractivity contribution >= 4 is 0 Å². The molecule has 1 saturated carbocycles. The normalized spacial score (nSPS) is 44.1. The molecule has 3 heteroatoms. The molecule has 0 radical (unpaired) electrons. The second-order valence-corrected chi connectivity index (χ2v) is 4.93. The largest absolute Gasteiger partial charge is 0.393 e. The molecular weight excluding hydrogens is 178 g/mol. The molecular formula is C11H21NO2. The van der Waals surface area contributed by atoms with Crippen molar-refractivity contribution < 1.29 is 9.84 Å². The number of hydrogen-bond donors (Lipinski definition) is 2. The van der Waals surface area contributed by atoms with Crippen LogP contribution in [0.5, 0.6) is 0 Å². The van der Waals surface area contributed by atoms with Crippen LogP contribution in [-0.4, -0.2) is 29.5 Å². The molecule has 1 atom stereocenters. The van der Waals surface area contributed by atoms with Gasteiger partial charge in [0.25, 0.3) is 0 Å². The molecule has 2 fully saturated rings. The number of nitrogens with two attached hydrogens (primary N) is 1. The van der Waals surface area contributed by atoms with Crippen LogP contribution in [0.3, 0.4) is 0 Å². The summed E-state index contributed by atoms with van der Waals surface area (Å²) in [6.07, 6.45) is 7.24. The fourth-order valence-electron chi connectivity index (χ4n) is 2.64. The van der Waals surface area contributed by atoms with E-state index in [1.54, 1.807) is 0 Å². The second-order valence-electron chi connectivity index (χ2n) is 4.93. The second kappa shape index (κ2) is 4.17. The number of rotatable bonds is 2. The van der Waals surface area contributed by atoms with Gasteiger partial charge in [-0.1, -0.05) is 0 Å². The van der Waals surface area contributed by atoms with Gasteiger partial charge in [0, 0.05) is 12.1 Å². The summed E-state index contributed by atoms with van der Waals surface area (Å²) >= 11 is 0. The zero-order valence-corrected chi connectivity index (χ0v) is 8.74. The summed E-state index contributed by atoms with van der Waals surface area (Å²) in [6, 6.07) is 0. The summed E-state index contributed by atoms with van der Waals surface area (Å²) in [5, 5.41) is 9.42. The maximum atomic E-state index is 9.42. The molecule has 1 heterocycles. The van der Waals surface area contributed by atoms with Crippen molar-refractivity contribution in [3.05, 3.63) is 0 Å². The maximum Gasteiger partial charge on any atom is 0.0593 e. The van der Waals surface area contributed by atoms with Crippen molar-refractivity contribution in [1.82, 2.24) is 0 Å². The van der Waals surface area contributed by atoms with Gasteiger partial charge in [0.1, 0.15) is 0 Å². The Morgan fingerprint density at radius 1 is 1.29 bits per heavy atom. The molecule has 3 nitrogen and oxygen atoms in total. The van der Waals surface area contributed by atoms with Gasteiger partial charge in [-0.05, 0) is 44.9 Å². The van der Waals surface area contributed by atoms with Crippen LogP contribution >= 0.6 is 0 Å². The van der Waals surface area contributed by atoms with Gasteiger partial charge in [-0.2, -0.15) is 0 Å². The van der Waals surface area contributed by atoms with Crippen LogP contribution in [0.4, 0.5) is 0 Å². The highest BCUT2D eigenvalue weighted by atomic mass is 16.5. The molecule has 0 amide bonds. The van der Waals surface area contributed by atoms with Crippen molar-refractivity contribution in [2.75, 3.05) is 6.61 Å². The van der Waals surface area contributed by atoms with E-state index in [4.69, 9.17) is 10.5 Å². The van der Waals surface area contributed by atoms with Gasteiger partial charge in [0.15, 0.2) is 0 Å². The number of aliphatic hydroxyl groups excluding tert-OH is 1. The molecule has 0 aromatic rings. The lowest BCUT2D eigenvalue weighted by molar-refractivity contribution is 0.0490. The Morgan fingerprint density at radius 2 is 2.00 bits per heavy atom. The maximum absolute atomic E-state index is 9.42. The van der Waals surface area contributed by atoms with E-state index in [9.17, 15) is 5.11 Å². The summed E-state index contributed by atoms with van der Waals surface area (Å²) in [6.45, 7) is 0.906. The summed E-state index contributed by atoms with van der Waals surface area (Å²) < 4.78 is 5.61. The molecule has 2 aliphatic rings. The minimum atomic E-state index is -0.115. The highest BCUT2D eigenvalue weighted by Gasteiger charge is 2.34. The molecule has 14 heavy (non-hydrogen) atoms. The minimum Gasteiger partial charge on any atom is -0.393 e. The highest BCUT2D eigenvalue weighted by Crippen LogP contribution is 2.32. The standard InChI is InChI=1S/C11H21NO2/c12-11(5-3-9(13)4-6-11)8-10-2-1-7-14-10/h9-10,13H,1-8,12H2. The van der Waals surface area contributed by atoms with Gasteiger partial charge in [-0.3, -0.25) is 0 Å². The Morgan fingerprint density at radius 3 is 2.57 bits per heavy atom. The van der Waals surface area contributed by atoms with E-state index in [1.165, 1.54) is 12.8 Å². The zero-order chi connectivity index (χ0) is 10.0. The van der Waals surface area contributed by atoms with Crippen LogP contribution in [0.25, 0.3) is 0 Å². The molecule has 1 aliphatic carbocycles. The third kappa shape index (κ3) is 2.47. The summed E-state index contributed by atoms with van der Waals surface area (Å²) in [4.78, 5) is 0. The first-order chi connectivity index (χ1) is 6.68. The number of ether oxygens (including phenoxy) is 1. The summed E-state index contributed by atoms with van der Waals surface area (Å²) in [7, 11) is 0. The van der Waals surface area contributed by atoms with Gasteiger partial charge in [0.05, 0.1) is 12.2 Å². The van der Waals surface area contributed by atoms with Gasteiger partial charge in [0.2, 0.25) is 0 Å². The van der Waals surface area contributed by atoms with Gasteiger partial charge in [-0.25, -0.2) is 0 Å². The van der Waals surface area contributed by atoms with Crippen LogP contribution in [0, 0.1) is 0 Å². The van der Waals surface area contributed by atoms with E-state index in [0.29, 0.717) is 6.10 Å². The number of hydrogen-bond acceptors (Lipinski definition) is 3. The summed E-state index contributed by atoms with van der Waals surface area (Å²) in [5.41, 5.74) is 6.25. The third-order valence-corrected chi connectivity index (χ3v) is 3.61. The van der Waals surface area contributed by atoms with E-state index in [0.717, 1.165) is 38.7 Å². The average Bonchev–Trinajstić information content (AvgIpc) is 2.63. The van der Waals surface area contributed by atoms with E-state index in [1.807, 2.05) is 0 Å². The van der Waals surface area contributed by atoms with Gasteiger partial charge in [-0.15, -0.1) is 0 Å². The van der Waals surface area contributed by atoms with Gasteiger partial charge >= 0.3 is 0 Å². The molecule has 0 bridgehead atoms. The van der Waals surface area contributed by atoms with Crippen LogP contribution in [0.2, 0.25) is 0 Å². The lowest BCUT2D eigenvalue weighted by Crippen LogP contribution is -2.46. The third-order valence-electron chi connectivity index (χ3n) is 3.61. The van der Waals surface area contributed by atoms with Crippen LogP contribution in [-0.2, 0) is 4.74 Å². The minimum absolute atomic E-state index is 0.0613. The van der Waals surface area contributed by atoms with Gasteiger partial charge < -0.3 is 15.6 Å². The van der Waals surface area contributed by atoms with Crippen molar-refractivity contribution in [2.24, 2.45) is 5.73 Å². The monoisotopic (exact) mass is 199 g/mol. The van der Waals surface area contributed by atoms with Crippen molar-refractivity contribution in [2.45, 2.75) is 62.7 Å². The lowest BCUT2D eigenvalue weighted by atomic mass is 9.77. The first kappa shape index (κ1) is 10.4. The van der Waals surface area contributed by atoms with Crippen molar-refractivity contribution in [1.29, 1.82) is 0 Å². The topological polar surface area (TPSA) is 55.5 Å². The molecule has 2 rings (SSSR count). The van der Waals surface area contributed by atoms with Crippen molar-refractivity contribution in [3.8, 4) is 0 Å². The van der Waals surface area contributed by atoms with E-state index in [2.05, 4.69) is 0 Å². The van der Waals surface area contributed by atoms with Crippen LogP contribution in [0.1, 0.15) is 44.9 Å². The molecule has 0 spiro atoms. The molecule has 82 valence electrons.